The van der Waals surface area contributed by atoms with Crippen LogP contribution in [0.15, 0.2) is 35.5 Å². The van der Waals surface area contributed by atoms with Gasteiger partial charge in [-0.05, 0) is 36.4 Å². The number of thioether (sulfide) groups is 1. The average molecular weight is 320 g/mol. The summed E-state index contributed by atoms with van der Waals surface area (Å²) in [6.45, 7) is 3.91. The summed E-state index contributed by atoms with van der Waals surface area (Å²) in [7, 11) is 0. The van der Waals surface area contributed by atoms with E-state index in [9.17, 15) is 9.59 Å². The maximum absolute atomic E-state index is 11.9. The number of hydrogen-bond donors (Lipinski definition) is 2. The number of aromatic nitrogens is 4. The van der Waals surface area contributed by atoms with E-state index >= 15 is 0 Å². The molecule has 0 aliphatic heterocycles. The molecule has 1 aromatic carbocycles. The van der Waals surface area contributed by atoms with Crippen LogP contribution in [0.5, 0.6) is 0 Å². The van der Waals surface area contributed by atoms with E-state index in [1.165, 1.54) is 11.8 Å². The summed E-state index contributed by atoms with van der Waals surface area (Å²) in [5.41, 5.74) is 0.798. The number of nitrogens with zero attached hydrogens (tertiary/aromatic N) is 4. The highest BCUT2D eigenvalue weighted by atomic mass is 32.2. The van der Waals surface area contributed by atoms with E-state index in [1.54, 1.807) is 18.5 Å². The van der Waals surface area contributed by atoms with Crippen molar-refractivity contribution in [1.29, 1.82) is 0 Å². The number of carbonyl (C=O) groups excluding carboxylic acids is 2. The van der Waals surface area contributed by atoms with Crippen LogP contribution >= 0.6 is 11.8 Å². The highest BCUT2D eigenvalue weighted by Crippen LogP contribution is 2.22. The van der Waals surface area contributed by atoms with E-state index in [0.29, 0.717) is 11.7 Å². The summed E-state index contributed by atoms with van der Waals surface area (Å²) in [4.78, 5) is 23.3. The van der Waals surface area contributed by atoms with Crippen LogP contribution in [0.25, 0.3) is 5.69 Å². The maximum atomic E-state index is 11.9. The van der Waals surface area contributed by atoms with Gasteiger partial charge in [0.1, 0.15) is 0 Å². The van der Waals surface area contributed by atoms with Crippen molar-refractivity contribution in [2.45, 2.75) is 24.3 Å². The van der Waals surface area contributed by atoms with Crippen LogP contribution in [0.3, 0.4) is 0 Å². The molecule has 0 saturated heterocycles. The molecule has 1 aromatic heterocycles. The van der Waals surface area contributed by atoms with Gasteiger partial charge in [-0.25, -0.2) is 4.79 Å². The number of urea groups is 1. The first-order chi connectivity index (χ1) is 10.6. The van der Waals surface area contributed by atoms with Gasteiger partial charge < -0.3 is 5.32 Å². The zero-order chi connectivity index (χ0) is 15.9. The predicted molar refractivity (Wildman–Crippen MR) is 81.7 cm³/mol. The molecule has 0 radical (unpaired) electrons. The van der Waals surface area contributed by atoms with Crippen molar-refractivity contribution in [2.24, 2.45) is 0 Å². The van der Waals surface area contributed by atoms with Crippen molar-refractivity contribution in [2.75, 3.05) is 6.54 Å². The van der Waals surface area contributed by atoms with Crippen LogP contribution in [-0.4, -0.2) is 43.9 Å². The topological polar surface area (TPSA) is 102 Å². The molecule has 2 rings (SSSR count). The average Bonchev–Trinajstić information content (AvgIpc) is 2.96. The SMILES string of the molecule is CCNC(=O)NC(=O)C(C)Sc1nnnn1-c1ccccc1. The molecule has 0 aliphatic carbocycles. The van der Waals surface area contributed by atoms with E-state index in [4.69, 9.17) is 0 Å². The number of amides is 3. The Bertz CT molecular complexity index is 645. The molecule has 1 atom stereocenters. The van der Waals surface area contributed by atoms with Crippen molar-refractivity contribution in [3.05, 3.63) is 30.3 Å². The summed E-state index contributed by atoms with van der Waals surface area (Å²) >= 11 is 1.17. The number of carbonyl (C=O) groups is 2. The molecule has 1 heterocycles. The highest BCUT2D eigenvalue weighted by molar-refractivity contribution is 8.00. The van der Waals surface area contributed by atoms with Gasteiger partial charge >= 0.3 is 6.03 Å². The smallest absolute Gasteiger partial charge is 0.321 e. The van der Waals surface area contributed by atoms with Crippen molar-refractivity contribution >= 4 is 23.7 Å². The zero-order valence-electron chi connectivity index (χ0n) is 12.2. The molecule has 0 aliphatic rings. The van der Waals surface area contributed by atoms with Gasteiger partial charge in [0.2, 0.25) is 11.1 Å². The number of hydrogen-bond acceptors (Lipinski definition) is 6. The van der Waals surface area contributed by atoms with Crippen LogP contribution in [0.2, 0.25) is 0 Å². The lowest BCUT2D eigenvalue weighted by Crippen LogP contribution is -2.42. The second kappa shape index (κ2) is 7.55. The first-order valence-corrected chi connectivity index (χ1v) is 7.59. The van der Waals surface area contributed by atoms with Gasteiger partial charge in [0, 0.05) is 6.54 Å². The molecule has 8 nitrogen and oxygen atoms in total. The van der Waals surface area contributed by atoms with Crippen molar-refractivity contribution < 1.29 is 9.59 Å². The first-order valence-electron chi connectivity index (χ1n) is 6.71. The quantitative estimate of drug-likeness (QED) is 0.797. The molecule has 0 fully saturated rings. The Hall–Kier alpha value is -2.42. The third-order valence-corrected chi connectivity index (χ3v) is 3.70. The van der Waals surface area contributed by atoms with Crippen LogP contribution in [0.1, 0.15) is 13.8 Å². The minimum atomic E-state index is -0.518. The van der Waals surface area contributed by atoms with Crippen LogP contribution in [-0.2, 0) is 4.79 Å². The first kappa shape index (κ1) is 16.0. The number of imide groups is 1. The van der Waals surface area contributed by atoms with Crippen molar-refractivity contribution in [1.82, 2.24) is 30.8 Å². The predicted octanol–water partition coefficient (Wildman–Crippen LogP) is 0.989. The summed E-state index contributed by atoms with van der Waals surface area (Å²) in [6, 6.07) is 8.85. The van der Waals surface area contributed by atoms with Gasteiger partial charge in [0.05, 0.1) is 10.9 Å². The monoisotopic (exact) mass is 320 g/mol. The summed E-state index contributed by atoms with van der Waals surface area (Å²) < 4.78 is 1.54. The van der Waals surface area contributed by atoms with Crippen LogP contribution in [0, 0.1) is 0 Å². The lowest BCUT2D eigenvalue weighted by Gasteiger charge is -2.11. The van der Waals surface area contributed by atoms with Gasteiger partial charge in [-0.2, -0.15) is 4.68 Å². The van der Waals surface area contributed by atoms with Crippen LogP contribution < -0.4 is 10.6 Å². The highest BCUT2D eigenvalue weighted by Gasteiger charge is 2.20. The number of benzene rings is 1. The fourth-order valence-electron chi connectivity index (χ4n) is 1.61. The fraction of sp³-hybridized carbons (Fsp3) is 0.308. The summed E-state index contributed by atoms with van der Waals surface area (Å²) in [5, 5.41) is 16.2. The zero-order valence-corrected chi connectivity index (χ0v) is 13.0. The lowest BCUT2D eigenvalue weighted by atomic mass is 10.3. The van der Waals surface area contributed by atoms with Gasteiger partial charge in [0.15, 0.2) is 0 Å². The Balaban J connectivity index is 2.04. The van der Waals surface area contributed by atoms with Crippen LogP contribution in [0.4, 0.5) is 4.79 Å². The molecular weight excluding hydrogens is 304 g/mol. The van der Waals surface area contributed by atoms with Crippen molar-refractivity contribution in [3.8, 4) is 5.69 Å². The Labute approximate surface area is 131 Å². The van der Waals surface area contributed by atoms with E-state index in [-0.39, 0.29) is 0 Å². The molecule has 0 spiro atoms. The lowest BCUT2D eigenvalue weighted by molar-refractivity contribution is -0.119. The third kappa shape index (κ3) is 4.04. The largest absolute Gasteiger partial charge is 0.338 e. The molecule has 9 heteroatoms. The summed E-state index contributed by atoms with van der Waals surface area (Å²) in [5.74, 6) is -0.404. The van der Waals surface area contributed by atoms with E-state index < -0.39 is 17.2 Å². The van der Waals surface area contributed by atoms with E-state index in [1.807, 2.05) is 30.3 Å². The minimum Gasteiger partial charge on any atom is -0.338 e. The molecule has 1 unspecified atom stereocenters. The second-order valence-corrected chi connectivity index (χ2v) is 5.63. The number of tetrazole rings is 1. The third-order valence-electron chi connectivity index (χ3n) is 2.67. The normalized spacial score (nSPS) is 11.7. The second-order valence-electron chi connectivity index (χ2n) is 4.32. The Morgan fingerprint density at radius 1 is 1.32 bits per heavy atom. The molecule has 22 heavy (non-hydrogen) atoms. The van der Waals surface area contributed by atoms with Gasteiger partial charge in [0.25, 0.3) is 0 Å². The Morgan fingerprint density at radius 2 is 2.05 bits per heavy atom. The van der Waals surface area contributed by atoms with Gasteiger partial charge in [-0.3, -0.25) is 10.1 Å². The maximum Gasteiger partial charge on any atom is 0.321 e. The van der Waals surface area contributed by atoms with Gasteiger partial charge in [-0.15, -0.1) is 5.10 Å². The Kier molecular flexibility index (Phi) is 5.48. The number of rotatable bonds is 5. The molecule has 116 valence electrons. The molecule has 0 bridgehead atoms. The van der Waals surface area contributed by atoms with Crippen molar-refractivity contribution in [3.63, 3.8) is 0 Å². The van der Waals surface area contributed by atoms with E-state index in [0.717, 1.165) is 5.69 Å². The standard InChI is InChI=1S/C13H16N6O2S/c1-3-14-12(21)15-11(20)9(2)22-13-16-17-18-19(13)10-7-5-4-6-8-10/h4-9H,3H2,1-2H3,(H2,14,15,20,21). The fourth-order valence-corrected chi connectivity index (χ4v) is 2.42. The molecule has 3 amide bonds. The summed E-state index contributed by atoms with van der Waals surface area (Å²) in [6.07, 6.45) is 0. The van der Waals surface area contributed by atoms with Gasteiger partial charge in [-0.1, -0.05) is 30.0 Å². The molecular formula is C13H16N6O2S. The van der Waals surface area contributed by atoms with E-state index in [2.05, 4.69) is 26.2 Å². The molecule has 2 aromatic rings. The number of nitrogens with one attached hydrogen (secondary N) is 2. The Morgan fingerprint density at radius 3 is 2.73 bits per heavy atom. The molecule has 2 N–H and O–H groups in total. The molecule has 0 saturated carbocycles. The number of para-hydroxylation sites is 1. The minimum absolute atomic E-state index is 0.404.